The Labute approximate surface area is 121 Å². The van der Waals surface area contributed by atoms with Crippen LogP contribution in [-0.4, -0.2) is 31.5 Å². The van der Waals surface area contributed by atoms with Gasteiger partial charge in [0.25, 0.3) is 0 Å². The molecule has 1 N–H and O–H groups in total. The molecule has 2 aliphatic rings. The van der Waals surface area contributed by atoms with E-state index in [0.717, 1.165) is 19.3 Å². The van der Waals surface area contributed by atoms with Gasteiger partial charge in [0, 0.05) is 19.4 Å². The fourth-order valence-corrected chi connectivity index (χ4v) is 3.00. The second kappa shape index (κ2) is 7.23. The van der Waals surface area contributed by atoms with E-state index in [9.17, 15) is 4.79 Å². The van der Waals surface area contributed by atoms with Gasteiger partial charge in [-0.1, -0.05) is 18.6 Å². The molecule has 4 nitrogen and oxygen atoms in total. The van der Waals surface area contributed by atoms with Crippen LogP contribution in [0.15, 0.2) is 11.6 Å². The Morgan fingerprint density at radius 1 is 1.40 bits per heavy atom. The molecule has 2 rings (SSSR count). The number of amides is 1. The highest BCUT2D eigenvalue weighted by atomic mass is 16.7. The normalized spacial score (nSPS) is 23.2. The predicted octanol–water partition coefficient (Wildman–Crippen LogP) is 2.78. The van der Waals surface area contributed by atoms with Crippen molar-refractivity contribution in [3.63, 3.8) is 0 Å². The van der Waals surface area contributed by atoms with Gasteiger partial charge in [0.2, 0.25) is 5.91 Å². The Morgan fingerprint density at radius 2 is 2.15 bits per heavy atom. The first-order valence-corrected chi connectivity index (χ1v) is 7.80. The Kier molecular flexibility index (Phi) is 5.61. The van der Waals surface area contributed by atoms with Crippen LogP contribution in [0.1, 0.15) is 52.4 Å². The van der Waals surface area contributed by atoms with E-state index in [1.54, 1.807) is 0 Å². The third-order valence-electron chi connectivity index (χ3n) is 4.04. The average Bonchev–Trinajstić information content (AvgIpc) is 2.84. The number of allylic oxidation sites excluding steroid dienone is 1. The van der Waals surface area contributed by atoms with Crippen molar-refractivity contribution in [2.24, 2.45) is 5.92 Å². The van der Waals surface area contributed by atoms with Crippen molar-refractivity contribution >= 4 is 5.91 Å². The maximum atomic E-state index is 11.9. The summed E-state index contributed by atoms with van der Waals surface area (Å²) in [6.07, 6.45) is 8.32. The SMILES string of the molecule is CC(CNC(=O)CC1=CCCCC1)CC1(C)OCCO1. The standard InChI is InChI=1S/C16H27NO3/c1-13(11-16(2)19-8-9-20-16)12-17-15(18)10-14-6-4-3-5-7-14/h6,13H,3-5,7-12H2,1-2H3,(H,17,18). The quantitative estimate of drug-likeness (QED) is 0.762. The summed E-state index contributed by atoms with van der Waals surface area (Å²) in [6, 6.07) is 0. The Bertz CT molecular complexity index is 359. The highest BCUT2D eigenvalue weighted by molar-refractivity contribution is 5.78. The third kappa shape index (κ3) is 4.91. The Hall–Kier alpha value is -0.870. The lowest BCUT2D eigenvalue weighted by atomic mass is 9.97. The number of ether oxygens (including phenoxy) is 2. The smallest absolute Gasteiger partial charge is 0.224 e. The molecule has 0 aromatic heterocycles. The number of rotatable bonds is 6. The second-order valence-corrected chi connectivity index (χ2v) is 6.23. The van der Waals surface area contributed by atoms with Gasteiger partial charge < -0.3 is 14.8 Å². The van der Waals surface area contributed by atoms with Gasteiger partial charge in [0.15, 0.2) is 5.79 Å². The molecule has 20 heavy (non-hydrogen) atoms. The lowest BCUT2D eigenvalue weighted by Gasteiger charge is -2.26. The van der Waals surface area contributed by atoms with Crippen LogP contribution in [0.3, 0.4) is 0 Å². The van der Waals surface area contributed by atoms with Gasteiger partial charge in [0.1, 0.15) is 0 Å². The van der Waals surface area contributed by atoms with Gasteiger partial charge in [-0.2, -0.15) is 0 Å². The highest BCUT2D eigenvalue weighted by Gasteiger charge is 2.32. The topological polar surface area (TPSA) is 47.6 Å². The highest BCUT2D eigenvalue weighted by Crippen LogP contribution is 2.26. The molecular weight excluding hydrogens is 254 g/mol. The first-order valence-electron chi connectivity index (χ1n) is 7.80. The van der Waals surface area contributed by atoms with Gasteiger partial charge in [-0.15, -0.1) is 0 Å². The first kappa shape index (κ1) is 15.5. The molecule has 1 aliphatic carbocycles. The molecule has 1 heterocycles. The second-order valence-electron chi connectivity index (χ2n) is 6.23. The maximum Gasteiger partial charge on any atom is 0.224 e. The Balaban J connectivity index is 1.66. The molecule has 1 fully saturated rings. The zero-order valence-electron chi connectivity index (χ0n) is 12.7. The molecule has 1 atom stereocenters. The summed E-state index contributed by atoms with van der Waals surface area (Å²) in [7, 11) is 0. The van der Waals surface area contributed by atoms with Crippen molar-refractivity contribution in [2.75, 3.05) is 19.8 Å². The zero-order valence-corrected chi connectivity index (χ0v) is 12.7. The molecule has 0 aromatic rings. The molecule has 0 radical (unpaired) electrons. The van der Waals surface area contributed by atoms with E-state index >= 15 is 0 Å². The molecule has 0 bridgehead atoms. The zero-order chi connectivity index (χ0) is 14.4. The van der Waals surface area contributed by atoms with Gasteiger partial charge in [-0.05, 0) is 38.5 Å². The van der Waals surface area contributed by atoms with Crippen molar-refractivity contribution in [1.29, 1.82) is 0 Å². The van der Waals surface area contributed by atoms with Crippen LogP contribution in [0.4, 0.5) is 0 Å². The number of carbonyl (C=O) groups is 1. The minimum absolute atomic E-state index is 0.142. The molecule has 1 unspecified atom stereocenters. The van der Waals surface area contributed by atoms with Crippen molar-refractivity contribution in [1.82, 2.24) is 5.32 Å². The van der Waals surface area contributed by atoms with E-state index in [2.05, 4.69) is 18.3 Å². The molecule has 0 saturated carbocycles. The first-order chi connectivity index (χ1) is 9.57. The molecule has 1 amide bonds. The van der Waals surface area contributed by atoms with E-state index in [1.807, 2.05) is 6.92 Å². The minimum atomic E-state index is -0.462. The molecule has 1 saturated heterocycles. The van der Waals surface area contributed by atoms with Gasteiger partial charge in [-0.25, -0.2) is 0 Å². The summed E-state index contributed by atoms with van der Waals surface area (Å²) in [5.41, 5.74) is 1.30. The lowest BCUT2D eigenvalue weighted by Crippen LogP contribution is -2.34. The lowest BCUT2D eigenvalue weighted by molar-refractivity contribution is -0.154. The number of nitrogens with one attached hydrogen (secondary N) is 1. The minimum Gasteiger partial charge on any atom is -0.356 e. The van der Waals surface area contributed by atoms with Crippen LogP contribution in [0.2, 0.25) is 0 Å². The van der Waals surface area contributed by atoms with Crippen molar-refractivity contribution in [3.05, 3.63) is 11.6 Å². The van der Waals surface area contributed by atoms with Crippen LogP contribution >= 0.6 is 0 Å². The van der Waals surface area contributed by atoms with E-state index in [-0.39, 0.29) is 5.91 Å². The summed E-state index contributed by atoms with van der Waals surface area (Å²) >= 11 is 0. The van der Waals surface area contributed by atoms with Gasteiger partial charge in [-0.3, -0.25) is 4.79 Å². The van der Waals surface area contributed by atoms with Crippen molar-refractivity contribution in [3.8, 4) is 0 Å². The van der Waals surface area contributed by atoms with Crippen LogP contribution < -0.4 is 5.32 Å². The summed E-state index contributed by atoms with van der Waals surface area (Å²) in [6.45, 7) is 6.13. The van der Waals surface area contributed by atoms with Crippen LogP contribution in [0.5, 0.6) is 0 Å². The fourth-order valence-electron chi connectivity index (χ4n) is 3.00. The summed E-state index contributed by atoms with van der Waals surface area (Å²) in [5, 5.41) is 3.03. The summed E-state index contributed by atoms with van der Waals surface area (Å²) in [5.74, 6) is 0.0292. The van der Waals surface area contributed by atoms with E-state index in [1.165, 1.54) is 18.4 Å². The number of carbonyl (C=O) groups excluding carboxylic acids is 1. The average molecular weight is 281 g/mol. The molecule has 114 valence electrons. The van der Waals surface area contributed by atoms with Crippen LogP contribution in [-0.2, 0) is 14.3 Å². The van der Waals surface area contributed by atoms with Gasteiger partial charge in [0.05, 0.1) is 13.2 Å². The third-order valence-corrected chi connectivity index (χ3v) is 4.04. The predicted molar refractivity (Wildman–Crippen MR) is 78.3 cm³/mol. The van der Waals surface area contributed by atoms with E-state index in [4.69, 9.17) is 9.47 Å². The largest absolute Gasteiger partial charge is 0.356 e. The van der Waals surface area contributed by atoms with Crippen molar-refractivity contribution in [2.45, 2.75) is 58.2 Å². The van der Waals surface area contributed by atoms with Crippen molar-refractivity contribution < 1.29 is 14.3 Å². The molecular formula is C16H27NO3. The van der Waals surface area contributed by atoms with E-state index in [0.29, 0.717) is 32.1 Å². The van der Waals surface area contributed by atoms with Crippen LogP contribution in [0.25, 0.3) is 0 Å². The summed E-state index contributed by atoms with van der Waals surface area (Å²) < 4.78 is 11.2. The molecule has 1 aliphatic heterocycles. The summed E-state index contributed by atoms with van der Waals surface area (Å²) in [4.78, 5) is 11.9. The Morgan fingerprint density at radius 3 is 2.80 bits per heavy atom. The monoisotopic (exact) mass is 281 g/mol. The molecule has 0 aromatic carbocycles. The fraction of sp³-hybridized carbons (Fsp3) is 0.812. The number of hydrogen-bond donors (Lipinski definition) is 1. The van der Waals surface area contributed by atoms with Gasteiger partial charge >= 0.3 is 0 Å². The number of hydrogen-bond acceptors (Lipinski definition) is 3. The maximum absolute atomic E-state index is 11.9. The molecule has 4 heteroatoms. The molecule has 0 spiro atoms. The van der Waals surface area contributed by atoms with Crippen LogP contribution in [0, 0.1) is 5.92 Å². The van der Waals surface area contributed by atoms with E-state index < -0.39 is 5.79 Å².